The zero-order valence-corrected chi connectivity index (χ0v) is 9.94. The van der Waals surface area contributed by atoms with E-state index < -0.39 is 12.1 Å². The van der Waals surface area contributed by atoms with Crippen molar-refractivity contribution in [3.05, 3.63) is 24.4 Å². The second kappa shape index (κ2) is 7.24. The maximum Gasteiger partial charge on any atom is 0.332 e. The van der Waals surface area contributed by atoms with Crippen LogP contribution in [0.3, 0.4) is 0 Å². The average molecular weight is 241 g/mol. The third-order valence-corrected chi connectivity index (χ3v) is 2.89. The molecule has 1 heterocycles. The number of ether oxygens (including phenoxy) is 1. The van der Waals surface area contributed by atoms with E-state index in [2.05, 4.69) is 4.98 Å². The lowest BCUT2D eigenvalue weighted by Gasteiger charge is -2.11. The van der Waals surface area contributed by atoms with E-state index in [1.165, 1.54) is 11.8 Å². The Morgan fingerprint density at radius 3 is 3.00 bits per heavy atom. The maximum absolute atomic E-state index is 10.8. The summed E-state index contributed by atoms with van der Waals surface area (Å²) in [6.45, 7) is 2.22. The zero-order valence-electron chi connectivity index (χ0n) is 9.13. The van der Waals surface area contributed by atoms with Gasteiger partial charge in [-0.2, -0.15) is 0 Å². The highest BCUT2D eigenvalue weighted by molar-refractivity contribution is 7.99. The topological polar surface area (TPSA) is 59.4 Å². The summed E-state index contributed by atoms with van der Waals surface area (Å²) in [4.78, 5) is 14.9. The molecule has 1 rings (SSSR count). The van der Waals surface area contributed by atoms with Crippen molar-refractivity contribution in [2.75, 3.05) is 12.4 Å². The minimum atomic E-state index is -0.900. The van der Waals surface area contributed by atoms with Crippen molar-refractivity contribution in [2.45, 2.75) is 24.5 Å². The molecule has 0 aromatic carbocycles. The highest BCUT2D eigenvalue weighted by atomic mass is 32.2. The first-order valence-corrected chi connectivity index (χ1v) is 6.11. The van der Waals surface area contributed by atoms with Gasteiger partial charge in [0.1, 0.15) is 0 Å². The largest absolute Gasteiger partial charge is 0.479 e. The molecular weight excluding hydrogens is 226 g/mol. The number of hydrogen-bond donors (Lipinski definition) is 1. The second-order valence-electron chi connectivity index (χ2n) is 3.09. The van der Waals surface area contributed by atoms with Gasteiger partial charge in [0.2, 0.25) is 0 Å². The molecule has 5 heteroatoms. The van der Waals surface area contributed by atoms with Crippen LogP contribution in [0.2, 0.25) is 0 Å². The molecule has 88 valence electrons. The molecule has 0 aliphatic heterocycles. The predicted molar refractivity (Wildman–Crippen MR) is 62.6 cm³/mol. The molecule has 0 saturated heterocycles. The number of nitrogens with zero attached hydrogens (tertiary/aromatic N) is 1. The van der Waals surface area contributed by atoms with E-state index in [0.29, 0.717) is 18.8 Å². The molecule has 0 fully saturated rings. The summed E-state index contributed by atoms with van der Waals surface area (Å²) in [5.74, 6) is -0.211. The Labute approximate surface area is 99.0 Å². The first-order valence-electron chi connectivity index (χ1n) is 5.12. The van der Waals surface area contributed by atoms with Gasteiger partial charge in [0, 0.05) is 18.6 Å². The molecule has 1 atom stereocenters. The van der Waals surface area contributed by atoms with Crippen LogP contribution < -0.4 is 0 Å². The van der Waals surface area contributed by atoms with Gasteiger partial charge in [-0.3, -0.25) is 0 Å². The lowest BCUT2D eigenvalue weighted by atomic mass is 10.3. The van der Waals surface area contributed by atoms with E-state index in [1.807, 2.05) is 18.2 Å². The summed E-state index contributed by atoms with van der Waals surface area (Å²) in [6.07, 6.45) is 1.51. The van der Waals surface area contributed by atoms with Crippen LogP contribution in [-0.4, -0.2) is 34.5 Å². The Morgan fingerprint density at radius 2 is 2.44 bits per heavy atom. The molecule has 1 unspecified atom stereocenters. The normalized spacial score (nSPS) is 12.3. The lowest BCUT2D eigenvalue weighted by Crippen LogP contribution is -2.24. The molecular formula is C11H15NO3S. The standard InChI is InChI=1S/C11H15NO3S/c1-2-15-9(11(13)14)6-8-16-10-5-3-4-7-12-10/h3-5,7,9H,2,6,8H2,1H3,(H,13,14). The van der Waals surface area contributed by atoms with Gasteiger partial charge in [0.25, 0.3) is 0 Å². The Hall–Kier alpha value is -1.07. The highest BCUT2D eigenvalue weighted by Gasteiger charge is 2.16. The molecule has 0 bridgehead atoms. The number of carboxylic acids is 1. The van der Waals surface area contributed by atoms with Crippen LogP contribution in [0.25, 0.3) is 0 Å². The van der Waals surface area contributed by atoms with Gasteiger partial charge in [-0.1, -0.05) is 6.07 Å². The van der Waals surface area contributed by atoms with Crippen molar-refractivity contribution < 1.29 is 14.6 Å². The Morgan fingerprint density at radius 1 is 1.62 bits per heavy atom. The van der Waals surface area contributed by atoms with Gasteiger partial charge in [-0.15, -0.1) is 11.8 Å². The van der Waals surface area contributed by atoms with Crippen LogP contribution in [0, 0.1) is 0 Å². The summed E-state index contributed by atoms with van der Waals surface area (Å²) in [7, 11) is 0. The molecule has 0 aliphatic rings. The number of carbonyl (C=O) groups is 1. The highest BCUT2D eigenvalue weighted by Crippen LogP contribution is 2.16. The van der Waals surface area contributed by atoms with Gasteiger partial charge in [0.15, 0.2) is 6.10 Å². The minimum absolute atomic E-state index is 0.422. The van der Waals surface area contributed by atoms with Gasteiger partial charge in [-0.25, -0.2) is 9.78 Å². The molecule has 0 spiro atoms. The van der Waals surface area contributed by atoms with Gasteiger partial charge in [0.05, 0.1) is 5.03 Å². The number of carboxylic acid groups (broad SMARTS) is 1. The third kappa shape index (κ3) is 4.63. The molecule has 0 saturated carbocycles. The smallest absolute Gasteiger partial charge is 0.332 e. The Kier molecular flexibility index (Phi) is 5.88. The van der Waals surface area contributed by atoms with Crippen LogP contribution in [0.5, 0.6) is 0 Å². The van der Waals surface area contributed by atoms with E-state index in [4.69, 9.17) is 9.84 Å². The number of aliphatic carboxylic acids is 1. The average Bonchev–Trinajstić information content (AvgIpc) is 2.29. The molecule has 1 N–H and O–H groups in total. The number of aromatic nitrogens is 1. The number of thioether (sulfide) groups is 1. The van der Waals surface area contributed by atoms with E-state index in [-0.39, 0.29) is 0 Å². The van der Waals surface area contributed by atoms with Crippen LogP contribution >= 0.6 is 11.8 Å². The van der Waals surface area contributed by atoms with Crippen molar-refractivity contribution >= 4 is 17.7 Å². The number of rotatable bonds is 7. The Bertz CT molecular complexity index is 318. The third-order valence-electron chi connectivity index (χ3n) is 1.91. The van der Waals surface area contributed by atoms with Crippen molar-refractivity contribution in [1.82, 2.24) is 4.98 Å². The summed E-state index contributed by atoms with van der Waals surface area (Å²) >= 11 is 1.54. The fourth-order valence-electron chi connectivity index (χ4n) is 1.18. The monoisotopic (exact) mass is 241 g/mol. The Balaban J connectivity index is 2.31. The SMILES string of the molecule is CCOC(CCSc1ccccn1)C(=O)O. The molecule has 1 aromatic rings. The van der Waals surface area contributed by atoms with Crippen molar-refractivity contribution in [2.24, 2.45) is 0 Å². The summed E-state index contributed by atoms with van der Waals surface area (Å²) < 4.78 is 5.11. The van der Waals surface area contributed by atoms with E-state index in [1.54, 1.807) is 13.1 Å². The molecule has 4 nitrogen and oxygen atoms in total. The van der Waals surface area contributed by atoms with Gasteiger partial charge in [-0.05, 0) is 25.5 Å². The molecule has 0 aliphatic carbocycles. The van der Waals surface area contributed by atoms with Crippen molar-refractivity contribution in [3.8, 4) is 0 Å². The molecule has 16 heavy (non-hydrogen) atoms. The first-order chi connectivity index (χ1) is 7.74. The van der Waals surface area contributed by atoms with E-state index in [9.17, 15) is 4.79 Å². The van der Waals surface area contributed by atoms with Crippen molar-refractivity contribution in [1.29, 1.82) is 0 Å². The molecule has 0 amide bonds. The zero-order chi connectivity index (χ0) is 11.8. The molecule has 0 radical (unpaired) electrons. The maximum atomic E-state index is 10.8. The van der Waals surface area contributed by atoms with Crippen LogP contribution in [0.1, 0.15) is 13.3 Å². The lowest BCUT2D eigenvalue weighted by molar-refractivity contribution is -0.150. The number of hydrogen-bond acceptors (Lipinski definition) is 4. The van der Waals surface area contributed by atoms with Crippen LogP contribution in [0.15, 0.2) is 29.4 Å². The predicted octanol–water partition coefficient (Wildman–Crippen LogP) is 2.05. The molecule has 1 aromatic heterocycles. The number of pyridine rings is 1. The fraction of sp³-hybridized carbons (Fsp3) is 0.455. The second-order valence-corrected chi connectivity index (χ2v) is 4.20. The minimum Gasteiger partial charge on any atom is -0.479 e. The van der Waals surface area contributed by atoms with E-state index in [0.717, 1.165) is 5.03 Å². The fourth-order valence-corrected chi connectivity index (χ4v) is 2.03. The summed E-state index contributed by atoms with van der Waals surface area (Å²) in [6, 6.07) is 5.66. The summed E-state index contributed by atoms with van der Waals surface area (Å²) in [5, 5.41) is 9.76. The van der Waals surface area contributed by atoms with Crippen LogP contribution in [0.4, 0.5) is 0 Å². The van der Waals surface area contributed by atoms with Crippen molar-refractivity contribution in [3.63, 3.8) is 0 Å². The summed E-state index contributed by atoms with van der Waals surface area (Å²) in [5.41, 5.74) is 0. The quantitative estimate of drug-likeness (QED) is 0.740. The van der Waals surface area contributed by atoms with Gasteiger partial charge >= 0.3 is 5.97 Å². The first kappa shape index (κ1) is 13.0. The van der Waals surface area contributed by atoms with Crippen LogP contribution in [-0.2, 0) is 9.53 Å². The van der Waals surface area contributed by atoms with E-state index >= 15 is 0 Å². The van der Waals surface area contributed by atoms with Gasteiger partial charge < -0.3 is 9.84 Å².